The van der Waals surface area contributed by atoms with Crippen LogP contribution in [-0.2, 0) is 4.74 Å². The summed E-state index contributed by atoms with van der Waals surface area (Å²) in [7, 11) is 0. The van der Waals surface area contributed by atoms with Crippen molar-refractivity contribution < 1.29 is 14.6 Å². The number of carbonyl (C=O) groups excluding carboxylic acids is 1. The van der Waals surface area contributed by atoms with Crippen molar-refractivity contribution in [2.75, 3.05) is 24.6 Å². The van der Waals surface area contributed by atoms with Gasteiger partial charge in [0.15, 0.2) is 5.69 Å². The van der Waals surface area contributed by atoms with E-state index in [1.165, 1.54) is 11.3 Å². The number of carbonyl (C=O) groups is 1. The fourth-order valence-corrected chi connectivity index (χ4v) is 2.23. The minimum Gasteiger partial charge on any atom is -0.461 e. The molecule has 0 unspecified atom stereocenters. The second-order valence-electron chi connectivity index (χ2n) is 3.29. The molecule has 1 saturated heterocycles. The maximum absolute atomic E-state index is 11.5. The SMILES string of the molecule is CCOC(=O)c1ncsc1N1CC(O)C1. The molecule has 0 atom stereocenters. The molecule has 0 aromatic carbocycles. The first-order valence-corrected chi connectivity index (χ1v) is 5.64. The number of β-amino-alcohol motifs (C(OH)–C–C–N with tert-alkyl or cyclic N) is 1. The molecule has 6 heteroatoms. The van der Waals surface area contributed by atoms with Gasteiger partial charge in [0.05, 0.1) is 18.2 Å². The van der Waals surface area contributed by atoms with Gasteiger partial charge < -0.3 is 14.7 Å². The van der Waals surface area contributed by atoms with Crippen molar-refractivity contribution in [2.45, 2.75) is 13.0 Å². The fourth-order valence-electron chi connectivity index (χ4n) is 1.42. The normalized spacial score (nSPS) is 16.3. The van der Waals surface area contributed by atoms with Crippen LogP contribution < -0.4 is 4.90 Å². The van der Waals surface area contributed by atoms with Crippen molar-refractivity contribution in [1.82, 2.24) is 4.98 Å². The van der Waals surface area contributed by atoms with Crippen molar-refractivity contribution in [1.29, 1.82) is 0 Å². The third kappa shape index (κ3) is 1.95. The summed E-state index contributed by atoms with van der Waals surface area (Å²) in [5.41, 5.74) is 1.97. The Morgan fingerprint density at radius 1 is 1.80 bits per heavy atom. The molecule has 1 aliphatic heterocycles. The van der Waals surface area contributed by atoms with E-state index < -0.39 is 5.97 Å². The molecule has 0 spiro atoms. The molecule has 15 heavy (non-hydrogen) atoms. The Bertz CT molecular complexity index is 360. The van der Waals surface area contributed by atoms with Gasteiger partial charge in [-0.15, -0.1) is 11.3 Å². The van der Waals surface area contributed by atoms with Crippen LogP contribution in [0.15, 0.2) is 5.51 Å². The number of nitrogens with zero attached hydrogens (tertiary/aromatic N) is 2. The van der Waals surface area contributed by atoms with Crippen LogP contribution >= 0.6 is 11.3 Å². The third-order valence-electron chi connectivity index (χ3n) is 2.17. The average Bonchev–Trinajstić information content (AvgIpc) is 2.61. The Morgan fingerprint density at radius 2 is 2.53 bits per heavy atom. The van der Waals surface area contributed by atoms with Gasteiger partial charge in [0, 0.05) is 13.1 Å². The highest BCUT2D eigenvalue weighted by Gasteiger charge is 2.30. The van der Waals surface area contributed by atoms with Gasteiger partial charge in [0.1, 0.15) is 5.00 Å². The molecule has 0 radical (unpaired) electrons. The number of hydrogen-bond donors (Lipinski definition) is 1. The lowest BCUT2D eigenvalue weighted by Gasteiger charge is -2.36. The largest absolute Gasteiger partial charge is 0.461 e. The molecule has 1 fully saturated rings. The maximum Gasteiger partial charge on any atom is 0.360 e. The molecule has 1 aromatic rings. The average molecular weight is 228 g/mol. The Balaban J connectivity index is 2.11. The Morgan fingerprint density at radius 3 is 3.13 bits per heavy atom. The summed E-state index contributed by atoms with van der Waals surface area (Å²) in [6, 6.07) is 0. The van der Waals surface area contributed by atoms with Crippen molar-refractivity contribution in [3.05, 3.63) is 11.2 Å². The zero-order chi connectivity index (χ0) is 10.8. The zero-order valence-electron chi connectivity index (χ0n) is 8.34. The lowest BCUT2D eigenvalue weighted by Crippen LogP contribution is -2.51. The van der Waals surface area contributed by atoms with E-state index in [1.807, 2.05) is 4.90 Å². The molecule has 2 heterocycles. The van der Waals surface area contributed by atoms with E-state index >= 15 is 0 Å². The van der Waals surface area contributed by atoms with Crippen molar-refractivity contribution >= 4 is 22.3 Å². The summed E-state index contributed by atoms with van der Waals surface area (Å²) in [6.45, 7) is 3.24. The van der Waals surface area contributed by atoms with Gasteiger partial charge in [-0.25, -0.2) is 9.78 Å². The maximum atomic E-state index is 11.5. The van der Waals surface area contributed by atoms with Gasteiger partial charge >= 0.3 is 5.97 Å². The van der Waals surface area contributed by atoms with Crippen molar-refractivity contribution in [3.8, 4) is 0 Å². The second-order valence-corrected chi connectivity index (χ2v) is 4.12. The van der Waals surface area contributed by atoms with Crippen molar-refractivity contribution in [3.63, 3.8) is 0 Å². The Hall–Kier alpha value is -1.14. The van der Waals surface area contributed by atoms with Crippen LogP contribution in [0.2, 0.25) is 0 Å². The summed E-state index contributed by atoms with van der Waals surface area (Å²) in [5, 5.41) is 9.97. The van der Waals surface area contributed by atoms with Crippen molar-refractivity contribution in [2.24, 2.45) is 0 Å². The minimum absolute atomic E-state index is 0.290. The van der Waals surface area contributed by atoms with Crippen LogP contribution in [0.5, 0.6) is 0 Å². The van der Waals surface area contributed by atoms with E-state index in [0.29, 0.717) is 25.4 Å². The Kier molecular flexibility index (Phi) is 2.88. The van der Waals surface area contributed by atoms with E-state index in [4.69, 9.17) is 4.74 Å². The van der Waals surface area contributed by atoms with Crippen LogP contribution in [0.4, 0.5) is 5.00 Å². The number of aromatic nitrogens is 1. The summed E-state index contributed by atoms with van der Waals surface area (Å²) in [6.07, 6.45) is -0.290. The fraction of sp³-hybridized carbons (Fsp3) is 0.556. The first-order chi connectivity index (χ1) is 7.22. The minimum atomic E-state index is -0.393. The van der Waals surface area contributed by atoms with Crippen LogP contribution in [-0.4, -0.2) is 41.9 Å². The molecule has 0 amide bonds. The molecule has 0 saturated carbocycles. The van der Waals surface area contributed by atoms with Gasteiger partial charge in [-0.3, -0.25) is 0 Å². The van der Waals surface area contributed by atoms with E-state index in [0.717, 1.165) is 5.00 Å². The number of rotatable bonds is 3. The van der Waals surface area contributed by atoms with Crippen LogP contribution in [0.3, 0.4) is 0 Å². The van der Waals surface area contributed by atoms with E-state index in [9.17, 15) is 9.90 Å². The summed E-state index contributed by atoms with van der Waals surface area (Å²) >= 11 is 1.39. The molecule has 1 aliphatic rings. The molecule has 0 aliphatic carbocycles. The number of ether oxygens (including phenoxy) is 1. The number of aliphatic hydroxyl groups excluding tert-OH is 1. The first-order valence-electron chi connectivity index (χ1n) is 4.76. The molecule has 2 rings (SSSR count). The number of hydrogen-bond acceptors (Lipinski definition) is 6. The lowest BCUT2D eigenvalue weighted by molar-refractivity contribution is 0.0519. The van der Waals surface area contributed by atoms with Gasteiger partial charge in [-0.05, 0) is 6.92 Å². The third-order valence-corrected chi connectivity index (χ3v) is 3.05. The van der Waals surface area contributed by atoms with Gasteiger partial charge in [0.25, 0.3) is 0 Å². The highest BCUT2D eigenvalue weighted by atomic mass is 32.1. The predicted octanol–water partition coefficient (Wildman–Crippen LogP) is 0.501. The van der Waals surface area contributed by atoms with E-state index in [-0.39, 0.29) is 6.10 Å². The smallest absolute Gasteiger partial charge is 0.360 e. The zero-order valence-corrected chi connectivity index (χ0v) is 9.16. The molecular weight excluding hydrogens is 216 g/mol. The second kappa shape index (κ2) is 4.16. The van der Waals surface area contributed by atoms with E-state index in [2.05, 4.69) is 4.98 Å². The Labute approximate surface area is 91.3 Å². The highest BCUT2D eigenvalue weighted by molar-refractivity contribution is 7.14. The summed E-state index contributed by atoms with van der Waals surface area (Å²) in [4.78, 5) is 17.4. The standard InChI is InChI=1S/C9H12N2O3S/c1-2-14-9(13)7-8(15-5-10-7)11-3-6(12)4-11/h5-6,12H,2-4H2,1H3. The molecular formula is C9H12N2O3S. The summed E-state index contributed by atoms with van der Waals surface area (Å²) in [5.74, 6) is -0.393. The van der Waals surface area contributed by atoms with E-state index in [1.54, 1.807) is 12.4 Å². The monoisotopic (exact) mass is 228 g/mol. The number of anilines is 1. The lowest BCUT2D eigenvalue weighted by atomic mass is 10.2. The predicted molar refractivity (Wildman–Crippen MR) is 56.3 cm³/mol. The quantitative estimate of drug-likeness (QED) is 0.763. The number of aliphatic hydroxyl groups is 1. The topological polar surface area (TPSA) is 62.7 Å². The molecule has 82 valence electrons. The molecule has 1 N–H and O–H groups in total. The molecule has 5 nitrogen and oxygen atoms in total. The molecule has 1 aromatic heterocycles. The number of thiazole rings is 1. The van der Waals surface area contributed by atoms with Gasteiger partial charge in [-0.1, -0.05) is 0 Å². The highest BCUT2D eigenvalue weighted by Crippen LogP contribution is 2.29. The van der Waals surface area contributed by atoms with Crippen LogP contribution in [0, 0.1) is 0 Å². The number of esters is 1. The molecule has 0 bridgehead atoms. The van der Waals surface area contributed by atoms with Crippen LogP contribution in [0.1, 0.15) is 17.4 Å². The summed E-state index contributed by atoms with van der Waals surface area (Å²) < 4.78 is 4.89. The van der Waals surface area contributed by atoms with Gasteiger partial charge in [0.2, 0.25) is 0 Å². The van der Waals surface area contributed by atoms with Gasteiger partial charge in [-0.2, -0.15) is 0 Å². The first kappa shape index (κ1) is 10.4. The van der Waals surface area contributed by atoms with Crippen LogP contribution in [0.25, 0.3) is 0 Å².